The maximum atomic E-state index is 12.9. The Morgan fingerprint density at radius 2 is 2.22 bits per heavy atom. The minimum absolute atomic E-state index is 0.325. The summed E-state index contributed by atoms with van der Waals surface area (Å²) >= 11 is 5.94. The lowest BCUT2D eigenvalue weighted by Crippen LogP contribution is -2.16. The fraction of sp³-hybridized carbons (Fsp3) is 0.333. The summed E-state index contributed by atoms with van der Waals surface area (Å²) in [5.74, 6) is 0.546. The fourth-order valence-corrected chi connectivity index (χ4v) is 1.89. The molecule has 1 aromatic heterocycles. The van der Waals surface area contributed by atoms with Gasteiger partial charge in [0, 0.05) is 18.1 Å². The smallest absolute Gasteiger partial charge is 0.146 e. The first-order valence-electron chi connectivity index (χ1n) is 5.72. The van der Waals surface area contributed by atoms with Crippen LogP contribution in [-0.2, 0) is 19.6 Å². The molecule has 18 heavy (non-hydrogen) atoms. The number of nitrogens with one attached hydrogen (secondary N) is 1. The van der Waals surface area contributed by atoms with Crippen LogP contribution in [-0.4, -0.2) is 14.8 Å². The zero-order valence-corrected chi connectivity index (χ0v) is 10.8. The predicted molar refractivity (Wildman–Crippen MR) is 67.6 cm³/mol. The number of nitrogens with zero attached hydrogens (tertiary/aromatic N) is 3. The first kappa shape index (κ1) is 13.0. The van der Waals surface area contributed by atoms with Crippen molar-refractivity contribution < 1.29 is 4.39 Å². The van der Waals surface area contributed by atoms with Gasteiger partial charge in [-0.15, -0.1) is 10.2 Å². The highest BCUT2D eigenvalue weighted by atomic mass is 35.5. The van der Waals surface area contributed by atoms with Crippen molar-refractivity contribution >= 4 is 11.6 Å². The second-order valence-electron chi connectivity index (χ2n) is 3.87. The lowest BCUT2D eigenvalue weighted by atomic mass is 10.2. The Morgan fingerprint density at radius 1 is 1.39 bits per heavy atom. The number of aromatic nitrogens is 3. The largest absolute Gasteiger partial charge is 0.317 e. The summed E-state index contributed by atoms with van der Waals surface area (Å²) in [5.41, 5.74) is 0.862. The van der Waals surface area contributed by atoms with Gasteiger partial charge in [0.2, 0.25) is 0 Å². The fourth-order valence-electron chi connectivity index (χ4n) is 1.65. The lowest BCUT2D eigenvalue weighted by molar-refractivity contribution is 0.608. The third-order valence-electron chi connectivity index (χ3n) is 2.65. The van der Waals surface area contributed by atoms with E-state index in [1.807, 2.05) is 11.5 Å². The zero-order valence-electron chi connectivity index (χ0n) is 10.0. The van der Waals surface area contributed by atoms with Crippen LogP contribution in [0.2, 0.25) is 5.02 Å². The van der Waals surface area contributed by atoms with E-state index in [9.17, 15) is 4.39 Å². The third-order valence-corrected chi connectivity index (χ3v) is 3.00. The Bertz CT molecular complexity index is 527. The Kier molecular flexibility index (Phi) is 4.28. The van der Waals surface area contributed by atoms with Gasteiger partial charge in [-0.3, -0.25) is 0 Å². The summed E-state index contributed by atoms with van der Waals surface area (Å²) in [6.45, 7) is 4.03. The van der Waals surface area contributed by atoms with E-state index in [1.165, 1.54) is 12.1 Å². The molecule has 0 atom stereocenters. The van der Waals surface area contributed by atoms with E-state index in [2.05, 4.69) is 15.5 Å². The molecule has 0 saturated heterocycles. The van der Waals surface area contributed by atoms with E-state index in [1.54, 1.807) is 12.4 Å². The van der Waals surface area contributed by atoms with Gasteiger partial charge in [0.25, 0.3) is 0 Å². The van der Waals surface area contributed by atoms with Crippen molar-refractivity contribution in [2.24, 2.45) is 0 Å². The van der Waals surface area contributed by atoms with Gasteiger partial charge >= 0.3 is 0 Å². The van der Waals surface area contributed by atoms with Crippen molar-refractivity contribution in [3.63, 3.8) is 0 Å². The van der Waals surface area contributed by atoms with Crippen molar-refractivity contribution in [2.45, 2.75) is 26.6 Å². The molecule has 0 amide bonds. The summed E-state index contributed by atoms with van der Waals surface area (Å²) in [5, 5.41) is 11.5. The van der Waals surface area contributed by atoms with Crippen molar-refractivity contribution in [1.29, 1.82) is 0 Å². The van der Waals surface area contributed by atoms with Crippen molar-refractivity contribution in [3.8, 4) is 0 Å². The van der Waals surface area contributed by atoms with Crippen molar-refractivity contribution in [3.05, 3.63) is 46.8 Å². The molecule has 1 heterocycles. The maximum absolute atomic E-state index is 12.9. The SMILES string of the molecule is CCn1cnnc1CNCc1ccc(F)cc1Cl. The van der Waals surface area contributed by atoms with Crippen LogP contribution in [0.3, 0.4) is 0 Å². The maximum Gasteiger partial charge on any atom is 0.146 e. The molecule has 0 saturated carbocycles. The number of aryl methyl sites for hydroxylation is 1. The van der Waals surface area contributed by atoms with Gasteiger partial charge in [0.15, 0.2) is 0 Å². The van der Waals surface area contributed by atoms with Crippen LogP contribution in [0.4, 0.5) is 4.39 Å². The molecule has 2 aromatic rings. The molecule has 4 nitrogen and oxygen atoms in total. The van der Waals surface area contributed by atoms with Gasteiger partial charge in [-0.25, -0.2) is 4.39 Å². The van der Waals surface area contributed by atoms with Gasteiger partial charge < -0.3 is 9.88 Å². The molecule has 1 aromatic carbocycles. The molecule has 0 aliphatic rings. The molecule has 2 rings (SSSR count). The first-order chi connectivity index (χ1) is 8.70. The molecule has 0 aliphatic carbocycles. The summed E-state index contributed by atoms with van der Waals surface area (Å²) in [6.07, 6.45) is 1.70. The van der Waals surface area contributed by atoms with E-state index in [0.717, 1.165) is 17.9 Å². The number of hydrogen-bond acceptors (Lipinski definition) is 3. The van der Waals surface area contributed by atoms with Crippen LogP contribution in [0.5, 0.6) is 0 Å². The van der Waals surface area contributed by atoms with E-state index in [4.69, 9.17) is 11.6 Å². The lowest BCUT2D eigenvalue weighted by Gasteiger charge is -2.07. The molecule has 0 fully saturated rings. The van der Waals surface area contributed by atoms with Crippen LogP contribution in [0.25, 0.3) is 0 Å². The standard InChI is InChI=1S/C12H14ClFN4/c1-2-18-8-16-17-12(18)7-15-6-9-3-4-10(14)5-11(9)13/h3-5,8,15H,2,6-7H2,1H3. The summed E-state index contributed by atoms with van der Waals surface area (Å²) in [7, 11) is 0. The minimum Gasteiger partial charge on any atom is -0.317 e. The van der Waals surface area contributed by atoms with E-state index < -0.39 is 0 Å². The molecule has 0 spiro atoms. The van der Waals surface area contributed by atoms with E-state index in [0.29, 0.717) is 18.1 Å². The van der Waals surface area contributed by atoms with E-state index in [-0.39, 0.29) is 5.82 Å². The Morgan fingerprint density at radius 3 is 2.94 bits per heavy atom. The van der Waals surface area contributed by atoms with Gasteiger partial charge in [-0.05, 0) is 24.6 Å². The van der Waals surface area contributed by atoms with Crippen molar-refractivity contribution in [1.82, 2.24) is 20.1 Å². The first-order valence-corrected chi connectivity index (χ1v) is 6.10. The quantitative estimate of drug-likeness (QED) is 0.905. The number of rotatable bonds is 5. The Hall–Kier alpha value is -1.46. The molecule has 0 bridgehead atoms. The second-order valence-corrected chi connectivity index (χ2v) is 4.28. The Labute approximate surface area is 110 Å². The van der Waals surface area contributed by atoms with Crippen LogP contribution in [0.15, 0.2) is 24.5 Å². The Balaban J connectivity index is 1.92. The van der Waals surface area contributed by atoms with Crippen LogP contribution in [0, 0.1) is 5.82 Å². The van der Waals surface area contributed by atoms with Gasteiger partial charge in [0.05, 0.1) is 6.54 Å². The molecular weight excluding hydrogens is 255 g/mol. The van der Waals surface area contributed by atoms with Crippen LogP contribution < -0.4 is 5.32 Å². The summed E-state index contributed by atoms with van der Waals surface area (Å²) in [6, 6.07) is 4.39. The highest BCUT2D eigenvalue weighted by Gasteiger charge is 2.04. The molecule has 1 N–H and O–H groups in total. The second kappa shape index (κ2) is 5.93. The molecule has 96 valence electrons. The highest BCUT2D eigenvalue weighted by molar-refractivity contribution is 6.31. The molecule has 6 heteroatoms. The highest BCUT2D eigenvalue weighted by Crippen LogP contribution is 2.16. The minimum atomic E-state index is -0.325. The molecule has 0 unspecified atom stereocenters. The predicted octanol–water partition coefficient (Wildman–Crippen LogP) is 2.38. The average molecular weight is 269 g/mol. The summed E-state index contributed by atoms with van der Waals surface area (Å²) in [4.78, 5) is 0. The number of halogens is 2. The van der Waals surface area contributed by atoms with Crippen molar-refractivity contribution in [2.75, 3.05) is 0 Å². The number of benzene rings is 1. The van der Waals surface area contributed by atoms with Gasteiger partial charge in [0.1, 0.15) is 18.0 Å². The van der Waals surface area contributed by atoms with Crippen LogP contribution >= 0.6 is 11.6 Å². The average Bonchev–Trinajstić information content (AvgIpc) is 2.79. The van der Waals surface area contributed by atoms with Crippen LogP contribution in [0.1, 0.15) is 18.3 Å². The normalized spacial score (nSPS) is 10.8. The zero-order chi connectivity index (χ0) is 13.0. The van der Waals surface area contributed by atoms with Gasteiger partial charge in [-0.2, -0.15) is 0 Å². The monoisotopic (exact) mass is 268 g/mol. The summed E-state index contributed by atoms with van der Waals surface area (Å²) < 4.78 is 14.8. The van der Waals surface area contributed by atoms with E-state index >= 15 is 0 Å². The number of hydrogen-bond donors (Lipinski definition) is 1. The molecule has 0 radical (unpaired) electrons. The van der Waals surface area contributed by atoms with Gasteiger partial charge in [-0.1, -0.05) is 17.7 Å². The molecule has 0 aliphatic heterocycles. The molecular formula is C12H14ClFN4. The topological polar surface area (TPSA) is 42.7 Å². The third kappa shape index (κ3) is 3.05.